The third-order valence-electron chi connectivity index (χ3n) is 4.08. The van der Waals surface area contributed by atoms with Crippen LogP contribution in [0, 0.1) is 0 Å². The normalized spacial score (nSPS) is 25.7. The van der Waals surface area contributed by atoms with Crippen molar-refractivity contribution in [2.24, 2.45) is 0 Å². The van der Waals surface area contributed by atoms with Crippen LogP contribution in [-0.4, -0.2) is 39.4 Å². The van der Waals surface area contributed by atoms with Crippen LogP contribution in [0.4, 0.5) is 0 Å². The molecule has 1 aromatic rings. The van der Waals surface area contributed by atoms with Gasteiger partial charge in [0.05, 0.1) is 6.04 Å². The highest BCUT2D eigenvalue weighted by Crippen LogP contribution is 2.32. The summed E-state index contributed by atoms with van der Waals surface area (Å²) in [7, 11) is 0. The molecule has 7 heteroatoms. The van der Waals surface area contributed by atoms with E-state index in [4.69, 9.17) is 4.52 Å². The fourth-order valence-corrected chi connectivity index (χ4v) is 2.92. The Bertz CT molecular complexity index is 554. The molecule has 3 heterocycles. The fourth-order valence-electron chi connectivity index (χ4n) is 2.92. The third kappa shape index (κ3) is 2.64. The van der Waals surface area contributed by atoms with Gasteiger partial charge in [-0.1, -0.05) is 19.0 Å². The first-order valence-electron chi connectivity index (χ1n) is 7.49. The van der Waals surface area contributed by atoms with Crippen molar-refractivity contribution in [2.75, 3.05) is 6.54 Å². The van der Waals surface area contributed by atoms with Crippen molar-refractivity contribution in [2.45, 2.75) is 57.5 Å². The van der Waals surface area contributed by atoms with Gasteiger partial charge in [-0.15, -0.1) is 0 Å². The van der Waals surface area contributed by atoms with Crippen LogP contribution in [0.25, 0.3) is 0 Å². The third-order valence-corrected chi connectivity index (χ3v) is 4.08. The van der Waals surface area contributed by atoms with E-state index in [1.807, 2.05) is 13.8 Å². The molecular formula is C14H20N4O3. The maximum Gasteiger partial charge on any atom is 0.245 e. The van der Waals surface area contributed by atoms with Crippen LogP contribution < -0.4 is 5.32 Å². The van der Waals surface area contributed by atoms with Crippen LogP contribution in [0.5, 0.6) is 0 Å². The average Bonchev–Trinajstić information content (AvgIpc) is 3.17. The smallest absolute Gasteiger partial charge is 0.245 e. The van der Waals surface area contributed by atoms with Gasteiger partial charge in [-0.25, -0.2) is 0 Å². The molecule has 114 valence electrons. The molecule has 2 aliphatic heterocycles. The van der Waals surface area contributed by atoms with E-state index < -0.39 is 6.04 Å². The van der Waals surface area contributed by atoms with Gasteiger partial charge in [0.1, 0.15) is 6.04 Å². The van der Waals surface area contributed by atoms with Gasteiger partial charge in [-0.2, -0.15) is 4.98 Å². The second kappa shape index (κ2) is 5.46. The molecular weight excluding hydrogens is 272 g/mol. The van der Waals surface area contributed by atoms with Gasteiger partial charge in [0.2, 0.25) is 17.7 Å². The number of hydrogen-bond acceptors (Lipinski definition) is 5. The summed E-state index contributed by atoms with van der Waals surface area (Å²) in [6, 6.07) is -0.527. The van der Waals surface area contributed by atoms with Crippen molar-refractivity contribution in [3.8, 4) is 0 Å². The van der Waals surface area contributed by atoms with Crippen molar-refractivity contribution < 1.29 is 14.1 Å². The van der Waals surface area contributed by atoms with E-state index in [0.717, 1.165) is 12.8 Å². The van der Waals surface area contributed by atoms with Crippen LogP contribution in [-0.2, 0) is 9.59 Å². The first-order chi connectivity index (χ1) is 10.1. The van der Waals surface area contributed by atoms with Crippen molar-refractivity contribution in [3.63, 3.8) is 0 Å². The van der Waals surface area contributed by atoms with Gasteiger partial charge in [-0.05, 0) is 19.3 Å². The highest BCUT2D eigenvalue weighted by atomic mass is 16.5. The Morgan fingerprint density at radius 2 is 2.24 bits per heavy atom. The van der Waals surface area contributed by atoms with Gasteiger partial charge >= 0.3 is 0 Å². The second-order valence-corrected chi connectivity index (χ2v) is 5.99. The number of nitrogens with one attached hydrogen (secondary N) is 1. The van der Waals surface area contributed by atoms with Crippen molar-refractivity contribution >= 4 is 11.8 Å². The van der Waals surface area contributed by atoms with E-state index in [1.165, 1.54) is 0 Å². The number of carbonyl (C=O) groups excluding carboxylic acids is 2. The summed E-state index contributed by atoms with van der Waals surface area (Å²) in [5.74, 6) is 1.27. The predicted molar refractivity (Wildman–Crippen MR) is 73.2 cm³/mol. The Kier molecular flexibility index (Phi) is 3.65. The van der Waals surface area contributed by atoms with E-state index in [-0.39, 0.29) is 23.8 Å². The highest BCUT2D eigenvalue weighted by molar-refractivity contribution is 5.91. The molecule has 0 saturated carbocycles. The second-order valence-electron chi connectivity index (χ2n) is 5.99. The minimum atomic E-state index is -0.394. The summed E-state index contributed by atoms with van der Waals surface area (Å²) in [5, 5.41) is 6.76. The molecule has 1 aromatic heterocycles. The summed E-state index contributed by atoms with van der Waals surface area (Å²) >= 11 is 0. The van der Waals surface area contributed by atoms with E-state index in [1.54, 1.807) is 4.90 Å². The van der Waals surface area contributed by atoms with Crippen molar-refractivity contribution in [1.82, 2.24) is 20.4 Å². The fraction of sp³-hybridized carbons (Fsp3) is 0.714. The van der Waals surface area contributed by atoms with Gasteiger partial charge in [0, 0.05) is 18.9 Å². The lowest BCUT2D eigenvalue weighted by Crippen LogP contribution is -2.44. The van der Waals surface area contributed by atoms with Gasteiger partial charge in [-0.3, -0.25) is 9.59 Å². The zero-order valence-corrected chi connectivity index (χ0v) is 12.3. The molecule has 3 rings (SSSR count). The van der Waals surface area contributed by atoms with E-state index in [0.29, 0.717) is 31.1 Å². The molecule has 0 aliphatic carbocycles. The molecule has 0 unspecified atom stereocenters. The first-order valence-corrected chi connectivity index (χ1v) is 7.49. The van der Waals surface area contributed by atoms with Crippen LogP contribution in [0.15, 0.2) is 4.52 Å². The first kappa shape index (κ1) is 14.0. The van der Waals surface area contributed by atoms with Gasteiger partial charge in [0.15, 0.2) is 5.82 Å². The summed E-state index contributed by atoms with van der Waals surface area (Å²) in [6.07, 6.45) is 2.76. The molecule has 0 bridgehead atoms. The minimum absolute atomic E-state index is 0.0285. The zero-order chi connectivity index (χ0) is 15.0. The van der Waals surface area contributed by atoms with E-state index in [2.05, 4.69) is 15.5 Å². The molecule has 2 saturated heterocycles. The Hall–Kier alpha value is -1.92. The van der Waals surface area contributed by atoms with Crippen molar-refractivity contribution in [3.05, 3.63) is 11.7 Å². The van der Waals surface area contributed by atoms with Crippen LogP contribution in [0.3, 0.4) is 0 Å². The summed E-state index contributed by atoms with van der Waals surface area (Å²) < 4.78 is 5.24. The van der Waals surface area contributed by atoms with E-state index >= 15 is 0 Å². The lowest BCUT2D eigenvalue weighted by Gasteiger charge is -2.25. The Morgan fingerprint density at radius 1 is 1.43 bits per heavy atom. The average molecular weight is 292 g/mol. The number of amides is 2. The number of nitrogens with zero attached hydrogens (tertiary/aromatic N) is 3. The van der Waals surface area contributed by atoms with Crippen LogP contribution in [0.2, 0.25) is 0 Å². The molecule has 2 amide bonds. The number of rotatable bonds is 3. The topological polar surface area (TPSA) is 88.3 Å². The van der Waals surface area contributed by atoms with Gasteiger partial charge in [0.25, 0.3) is 0 Å². The highest BCUT2D eigenvalue weighted by Gasteiger charge is 2.38. The molecule has 2 aliphatic rings. The van der Waals surface area contributed by atoms with E-state index in [9.17, 15) is 9.59 Å². The molecule has 0 aromatic carbocycles. The summed E-state index contributed by atoms with van der Waals surface area (Å²) in [5.41, 5.74) is 0. The Balaban J connectivity index is 1.75. The summed E-state index contributed by atoms with van der Waals surface area (Å²) in [6.45, 7) is 4.66. The summed E-state index contributed by atoms with van der Waals surface area (Å²) in [4.78, 5) is 30.0. The van der Waals surface area contributed by atoms with Crippen LogP contribution in [0.1, 0.15) is 63.2 Å². The van der Waals surface area contributed by atoms with Gasteiger partial charge < -0.3 is 14.7 Å². The standard InChI is InChI=1S/C14H20N4O3/c1-8(2)13-16-12(17-21-13)10-4-3-7-18(10)14(20)9-5-6-11(19)15-9/h8-10H,3-7H2,1-2H3,(H,15,19)/t9-,10+/m0/s1. The molecule has 21 heavy (non-hydrogen) atoms. The Morgan fingerprint density at radius 3 is 2.86 bits per heavy atom. The lowest BCUT2D eigenvalue weighted by atomic mass is 10.1. The quantitative estimate of drug-likeness (QED) is 0.902. The molecule has 0 spiro atoms. The van der Waals surface area contributed by atoms with Crippen LogP contribution >= 0.6 is 0 Å². The number of carbonyl (C=O) groups is 2. The minimum Gasteiger partial charge on any atom is -0.344 e. The molecule has 7 nitrogen and oxygen atoms in total. The zero-order valence-electron chi connectivity index (χ0n) is 12.3. The molecule has 1 N–H and O–H groups in total. The van der Waals surface area contributed by atoms with Crippen molar-refractivity contribution in [1.29, 1.82) is 0 Å². The largest absolute Gasteiger partial charge is 0.344 e. The monoisotopic (exact) mass is 292 g/mol. The molecule has 0 radical (unpaired) electrons. The SMILES string of the molecule is CC(C)c1nc([C@H]2CCCN2C(=O)[C@@H]2CCC(=O)N2)no1. The predicted octanol–water partition coefficient (Wildman–Crippen LogP) is 1.14. The number of hydrogen-bond donors (Lipinski definition) is 1. The molecule has 2 atom stereocenters. The number of aromatic nitrogens is 2. The Labute approximate surface area is 123 Å². The maximum absolute atomic E-state index is 12.5. The maximum atomic E-state index is 12.5. The molecule has 2 fully saturated rings. The number of likely N-dealkylation sites (tertiary alicyclic amines) is 1. The lowest BCUT2D eigenvalue weighted by molar-refractivity contribution is -0.135.